The second-order valence-corrected chi connectivity index (χ2v) is 8.09. The van der Waals surface area contributed by atoms with E-state index in [1.54, 1.807) is 18.2 Å². The SMILES string of the molecule is CCCCNC(=O)C(C#N)=Cc1ccc(OS(=O)(=O)c2ccc(C)cc2)c(OC)c1. The minimum atomic E-state index is -4.04. The highest BCUT2D eigenvalue weighted by atomic mass is 32.2. The molecule has 0 aliphatic rings. The molecule has 2 aromatic rings. The molecule has 1 amide bonds. The molecule has 0 aliphatic heterocycles. The number of methoxy groups -OCH3 is 1. The van der Waals surface area contributed by atoms with Crippen molar-refractivity contribution < 1.29 is 22.1 Å². The molecule has 0 fully saturated rings. The third-order valence-corrected chi connectivity index (χ3v) is 5.44. The minimum Gasteiger partial charge on any atom is -0.493 e. The van der Waals surface area contributed by atoms with Gasteiger partial charge in [0, 0.05) is 6.54 Å². The van der Waals surface area contributed by atoms with Gasteiger partial charge in [0.1, 0.15) is 16.5 Å². The minimum absolute atomic E-state index is 0.00105. The number of carbonyl (C=O) groups is 1. The Labute approximate surface area is 177 Å². The van der Waals surface area contributed by atoms with Crippen LogP contribution in [0.1, 0.15) is 30.9 Å². The zero-order valence-corrected chi connectivity index (χ0v) is 18.0. The fourth-order valence-electron chi connectivity index (χ4n) is 2.50. The van der Waals surface area contributed by atoms with E-state index in [0.717, 1.165) is 18.4 Å². The van der Waals surface area contributed by atoms with Gasteiger partial charge in [0.05, 0.1) is 7.11 Å². The van der Waals surface area contributed by atoms with Crippen LogP contribution in [-0.4, -0.2) is 28.0 Å². The molecule has 7 nitrogen and oxygen atoms in total. The van der Waals surface area contributed by atoms with Gasteiger partial charge in [0.2, 0.25) is 0 Å². The summed E-state index contributed by atoms with van der Waals surface area (Å²) in [6.07, 6.45) is 3.15. The highest BCUT2D eigenvalue weighted by Gasteiger charge is 2.19. The number of hydrogen-bond donors (Lipinski definition) is 1. The average Bonchev–Trinajstić information content (AvgIpc) is 2.73. The van der Waals surface area contributed by atoms with Crippen LogP contribution >= 0.6 is 0 Å². The Hall–Kier alpha value is -3.31. The van der Waals surface area contributed by atoms with E-state index in [1.807, 2.05) is 19.9 Å². The van der Waals surface area contributed by atoms with E-state index >= 15 is 0 Å². The van der Waals surface area contributed by atoms with Gasteiger partial charge in [-0.1, -0.05) is 37.1 Å². The van der Waals surface area contributed by atoms with Crippen molar-refractivity contribution in [1.82, 2.24) is 5.32 Å². The Morgan fingerprint density at radius 2 is 1.87 bits per heavy atom. The topological polar surface area (TPSA) is 105 Å². The lowest BCUT2D eigenvalue weighted by Crippen LogP contribution is -2.25. The number of carbonyl (C=O) groups excluding carboxylic acids is 1. The summed E-state index contributed by atoms with van der Waals surface area (Å²) in [4.78, 5) is 12.1. The Morgan fingerprint density at radius 3 is 2.47 bits per heavy atom. The van der Waals surface area contributed by atoms with Gasteiger partial charge in [0.15, 0.2) is 11.5 Å². The monoisotopic (exact) mass is 428 g/mol. The quantitative estimate of drug-likeness (QED) is 0.283. The van der Waals surface area contributed by atoms with E-state index < -0.39 is 16.0 Å². The van der Waals surface area contributed by atoms with Gasteiger partial charge in [-0.05, 0) is 49.2 Å². The van der Waals surface area contributed by atoms with Gasteiger partial charge in [-0.2, -0.15) is 13.7 Å². The van der Waals surface area contributed by atoms with E-state index in [1.165, 1.54) is 37.5 Å². The molecule has 0 unspecified atom stereocenters. The molecule has 0 aliphatic carbocycles. The number of rotatable bonds is 9. The summed E-state index contributed by atoms with van der Waals surface area (Å²) in [7, 11) is -2.67. The number of benzene rings is 2. The number of nitriles is 1. The van der Waals surface area contributed by atoms with Gasteiger partial charge >= 0.3 is 10.1 Å². The molecule has 0 saturated heterocycles. The Bertz CT molecular complexity index is 1070. The zero-order valence-electron chi connectivity index (χ0n) is 17.1. The van der Waals surface area contributed by atoms with Crippen LogP contribution in [0.3, 0.4) is 0 Å². The Balaban J connectivity index is 2.26. The maximum absolute atomic E-state index is 12.5. The molecule has 2 aromatic carbocycles. The first-order valence-electron chi connectivity index (χ1n) is 9.40. The molecule has 2 rings (SSSR count). The summed E-state index contributed by atoms with van der Waals surface area (Å²) in [5.74, 6) is -0.309. The van der Waals surface area contributed by atoms with E-state index in [-0.39, 0.29) is 22.0 Å². The van der Waals surface area contributed by atoms with E-state index in [2.05, 4.69) is 5.32 Å². The summed E-state index contributed by atoms with van der Waals surface area (Å²) >= 11 is 0. The van der Waals surface area contributed by atoms with Crippen LogP contribution in [-0.2, 0) is 14.9 Å². The Kier molecular flexibility index (Phi) is 8.01. The predicted molar refractivity (Wildman–Crippen MR) is 113 cm³/mol. The van der Waals surface area contributed by atoms with E-state index in [0.29, 0.717) is 12.1 Å². The second kappa shape index (κ2) is 10.5. The molecule has 0 radical (unpaired) electrons. The number of nitrogens with zero attached hydrogens (tertiary/aromatic N) is 1. The normalized spacial score (nSPS) is 11.5. The number of unbranched alkanes of at least 4 members (excludes halogenated alkanes) is 1. The lowest BCUT2D eigenvalue weighted by atomic mass is 10.1. The molecule has 0 heterocycles. The Morgan fingerprint density at radius 1 is 1.17 bits per heavy atom. The fourth-order valence-corrected chi connectivity index (χ4v) is 3.44. The van der Waals surface area contributed by atoms with Crippen LogP contribution < -0.4 is 14.2 Å². The molecular weight excluding hydrogens is 404 g/mol. The third kappa shape index (κ3) is 6.09. The molecule has 8 heteroatoms. The van der Waals surface area contributed by atoms with Crippen LogP contribution in [0.5, 0.6) is 11.5 Å². The van der Waals surface area contributed by atoms with Gasteiger partial charge in [-0.3, -0.25) is 4.79 Å². The maximum Gasteiger partial charge on any atom is 0.339 e. The smallest absolute Gasteiger partial charge is 0.339 e. The summed E-state index contributed by atoms with van der Waals surface area (Å²) in [6, 6.07) is 12.6. The van der Waals surface area contributed by atoms with Crippen molar-refractivity contribution in [3.05, 3.63) is 59.2 Å². The first-order chi connectivity index (χ1) is 14.3. The number of nitrogens with one attached hydrogen (secondary N) is 1. The van der Waals surface area contributed by atoms with Gasteiger partial charge < -0.3 is 14.2 Å². The molecule has 30 heavy (non-hydrogen) atoms. The van der Waals surface area contributed by atoms with E-state index in [4.69, 9.17) is 8.92 Å². The van der Waals surface area contributed by atoms with E-state index in [9.17, 15) is 18.5 Å². The highest BCUT2D eigenvalue weighted by Crippen LogP contribution is 2.31. The van der Waals surface area contributed by atoms with Crippen molar-refractivity contribution in [1.29, 1.82) is 5.26 Å². The highest BCUT2D eigenvalue weighted by molar-refractivity contribution is 7.87. The molecule has 1 N–H and O–H groups in total. The number of aryl methyl sites for hydroxylation is 1. The first kappa shape index (κ1) is 23.0. The van der Waals surface area contributed by atoms with Crippen molar-refractivity contribution >= 4 is 22.1 Å². The number of hydrogen-bond acceptors (Lipinski definition) is 6. The predicted octanol–water partition coefficient (Wildman–Crippen LogP) is 3.59. The lowest BCUT2D eigenvalue weighted by Gasteiger charge is -2.12. The molecule has 0 spiro atoms. The van der Waals surface area contributed by atoms with Crippen LogP contribution in [0, 0.1) is 18.3 Å². The van der Waals surface area contributed by atoms with Crippen LogP contribution in [0.15, 0.2) is 52.9 Å². The van der Waals surface area contributed by atoms with Crippen LogP contribution in [0.25, 0.3) is 6.08 Å². The largest absolute Gasteiger partial charge is 0.493 e. The van der Waals surface area contributed by atoms with Gasteiger partial charge in [-0.25, -0.2) is 0 Å². The maximum atomic E-state index is 12.5. The molecule has 0 saturated carbocycles. The second-order valence-electron chi connectivity index (χ2n) is 6.54. The summed E-state index contributed by atoms with van der Waals surface area (Å²) in [5, 5.41) is 12.0. The molecule has 0 bridgehead atoms. The van der Waals surface area contributed by atoms with Crippen molar-refractivity contribution in [2.75, 3.05) is 13.7 Å². The van der Waals surface area contributed by atoms with Crippen molar-refractivity contribution in [3.63, 3.8) is 0 Å². The van der Waals surface area contributed by atoms with Crippen molar-refractivity contribution in [2.24, 2.45) is 0 Å². The lowest BCUT2D eigenvalue weighted by molar-refractivity contribution is -0.117. The van der Waals surface area contributed by atoms with Gasteiger partial charge in [0.25, 0.3) is 5.91 Å². The third-order valence-electron chi connectivity index (χ3n) is 4.19. The van der Waals surface area contributed by atoms with Crippen molar-refractivity contribution in [3.8, 4) is 17.6 Å². The van der Waals surface area contributed by atoms with Crippen LogP contribution in [0.2, 0.25) is 0 Å². The standard InChI is InChI=1S/C22H24N2O5S/c1-4-5-12-24-22(25)18(15-23)13-17-8-11-20(21(14-17)28-3)29-30(26,27)19-9-6-16(2)7-10-19/h6-11,13-14H,4-5,12H2,1-3H3,(H,24,25). The first-order valence-corrected chi connectivity index (χ1v) is 10.8. The van der Waals surface area contributed by atoms with Crippen LogP contribution in [0.4, 0.5) is 0 Å². The summed E-state index contributed by atoms with van der Waals surface area (Å²) < 4.78 is 35.5. The fraction of sp³-hybridized carbons (Fsp3) is 0.273. The van der Waals surface area contributed by atoms with Crippen molar-refractivity contribution in [2.45, 2.75) is 31.6 Å². The average molecular weight is 429 g/mol. The number of amides is 1. The number of ether oxygens (including phenoxy) is 1. The molecular formula is C22H24N2O5S. The molecule has 158 valence electrons. The van der Waals surface area contributed by atoms with Gasteiger partial charge in [-0.15, -0.1) is 0 Å². The summed E-state index contributed by atoms with van der Waals surface area (Å²) in [6.45, 7) is 4.34. The molecule has 0 atom stereocenters. The summed E-state index contributed by atoms with van der Waals surface area (Å²) in [5.41, 5.74) is 1.36. The molecule has 0 aromatic heterocycles. The zero-order chi connectivity index (χ0) is 22.1.